The molecule has 27 heavy (non-hydrogen) atoms. The molecule has 1 saturated heterocycles. The van der Waals surface area contributed by atoms with Crippen molar-refractivity contribution in [3.05, 3.63) is 59.6 Å². The second-order valence-electron chi connectivity index (χ2n) is 6.67. The Morgan fingerprint density at radius 2 is 1.74 bits per heavy atom. The SMILES string of the molecule is CC(Oc1ccccc1)C(=O)NCCN1CCN(c2ccc(Cl)cc2)CC1. The third-order valence-electron chi connectivity index (χ3n) is 4.72. The number of ether oxygens (including phenoxy) is 1. The predicted octanol–water partition coefficient (Wildman–Crippen LogP) is 3.05. The second-order valence-corrected chi connectivity index (χ2v) is 7.11. The van der Waals surface area contributed by atoms with E-state index in [4.69, 9.17) is 16.3 Å². The normalized spacial score (nSPS) is 16.0. The second kappa shape index (κ2) is 9.62. The zero-order valence-electron chi connectivity index (χ0n) is 15.6. The van der Waals surface area contributed by atoms with Gasteiger partial charge in [0.15, 0.2) is 6.10 Å². The number of benzene rings is 2. The Labute approximate surface area is 165 Å². The van der Waals surface area contributed by atoms with E-state index in [1.165, 1.54) is 5.69 Å². The van der Waals surface area contributed by atoms with E-state index in [1.807, 2.05) is 42.5 Å². The molecule has 1 atom stereocenters. The first-order chi connectivity index (χ1) is 13.1. The number of hydrogen-bond acceptors (Lipinski definition) is 4. The Balaban J connectivity index is 1.35. The molecule has 0 aliphatic carbocycles. The van der Waals surface area contributed by atoms with Crippen molar-refractivity contribution < 1.29 is 9.53 Å². The van der Waals surface area contributed by atoms with Gasteiger partial charge in [-0.1, -0.05) is 29.8 Å². The fourth-order valence-electron chi connectivity index (χ4n) is 3.12. The summed E-state index contributed by atoms with van der Waals surface area (Å²) >= 11 is 5.95. The molecular formula is C21H26ClN3O2. The number of nitrogens with one attached hydrogen (secondary N) is 1. The van der Waals surface area contributed by atoms with Crippen molar-refractivity contribution in [2.45, 2.75) is 13.0 Å². The highest BCUT2D eigenvalue weighted by atomic mass is 35.5. The fraction of sp³-hybridized carbons (Fsp3) is 0.381. The number of hydrogen-bond donors (Lipinski definition) is 1. The van der Waals surface area contributed by atoms with E-state index in [2.05, 4.69) is 27.2 Å². The summed E-state index contributed by atoms with van der Waals surface area (Å²) in [5.41, 5.74) is 1.21. The Hall–Kier alpha value is -2.24. The first-order valence-corrected chi connectivity index (χ1v) is 9.72. The van der Waals surface area contributed by atoms with Crippen LogP contribution < -0.4 is 15.0 Å². The molecule has 0 spiro atoms. The van der Waals surface area contributed by atoms with Crippen LogP contribution >= 0.6 is 11.6 Å². The number of carbonyl (C=O) groups excluding carboxylic acids is 1. The maximum Gasteiger partial charge on any atom is 0.260 e. The number of halogens is 1. The summed E-state index contributed by atoms with van der Waals surface area (Å²) in [5, 5.41) is 3.73. The highest BCUT2D eigenvalue weighted by Gasteiger charge is 2.18. The van der Waals surface area contributed by atoms with Gasteiger partial charge in [-0.25, -0.2) is 0 Å². The average Bonchev–Trinajstić information content (AvgIpc) is 2.70. The molecule has 1 aliphatic heterocycles. The number of carbonyl (C=O) groups is 1. The molecule has 1 heterocycles. The first kappa shape index (κ1) is 19.5. The number of piperazine rings is 1. The molecule has 1 amide bonds. The van der Waals surface area contributed by atoms with Gasteiger partial charge in [-0.2, -0.15) is 0 Å². The summed E-state index contributed by atoms with van der Waals surface area (Å²) in [6.07, 6.45) is -0.505. The topological polar surface area (TPSA) is 44.8 Å². The van der Waals surface area contributed by atoms with E-state index in [9.17, 15) is 4.79 Å². The van der Waals surface area contributed by atoms with Crippen LogP contribution in [0, 0.1) is 0 Å². The molecule has 6 heteroatoms. The Morgan fingerprint density at radius 1 is 1.07 bits per heavy atom. The van der Waals surface area contributed by atoms with Crippen LogP contribution in [0.1, 0.15) is 6.92 Å². The van der Waals surface area contributed by atoms with Gasteiger partial charge in [0.1, 0.15) is 5.75 Å². The van der Waals surface area contributed by atoms with Crippen LogP contribution in [0.15, 0.2) is 54.6 Å². The summed E-state index contributed by atoms with van der Waals surface area (Å²) in [7, 11) is 0. The van der Waals surface area contributed by atoms with Gasteiger partial charge in [-0.15, -0.1) is 0 Å². The standard InChI is InChI=1S/C21H26ClN3O2/c1-17(27-20-5-3-2-4-6-20)21(26)23-11-12-24-13-15-25(16-14-24)19-9-7-18(22)8-10-19/h2-10,17H,11-16H2,1H3,(H,23,26). The van der Waals surface area contributed by atoms with Crippen molar-refractivity contribution in [2.24, 2.45) is 0 Å². The quantitative estimate of drug-likeness (QED) is 0.793. The van der Waals surface area contributed by atoms with Gasteiger partial charge in [-0.3, -0.25) is 9.69 Å². The van der Waals surface area contributed by atoms with E-state index >= 15 is 0 Å². The van der Waals surface area contributed by atoms with Crippen molar-refractivity contribution >= 4 is 23.2 Å². The van der Waals surface area contributed by atoms with Gasteiger partial charge in [0.25, 0.3) is 5.91 Å². The smallest absolute Gasteiger partial charge is 0.260 e. The van der Waals surface area contributed by atoms with Crippen molar-refractivity contribution in [1.29, 1.82) is 0 Å². The number of nitrogens with zero attached hydrogens (tertiary/aromatic N) is 2. The van der Waals surface area contributed by atoms with Crippen LogP contribution in [0.4, 0.5) is 5.69 Å². The van der Waals surface area contributed by atoms with Gasteiger partial charge in [-0.05, 0) is 43.3 Å². The molecule has 0 aromatic heterocycles. The van der Waals surface area contributed by atoms with Crippen molar-refractivity contribution in [1.82, 2.24) is 10.2 Å². The molecule has 2 aromatic rings. The lowest BCUT2D eigenvalue weighted by Crippen LogP contribution is -2.49. The first-order valence-electron chi connectivity index (χ1n) is 9.34. The molecule has 0 bridgehead atoms. The lowest BCUT2D eigenvalue weighted by Gasteiger charge is -2.36. The maximum absolute atomic E-state index is 12.2. The molecule has 1 fully saturated rings. The highest BCUT2D eigenvalue weighted by Crippen LogP contribution is 2.19. The van der Waals surface area contributed by atoms with Gasteiger partial charge in [0, 0.05) is 50.0 Å². The zero-order chi connectivity index (χ0) is 19.1. The third-order valence-corrected chi connectivity index (χ3v) is 4.97. The largest absolute Gasteiger partial charge is 0.481 e. The van der Waals surface area contributed by atoms with Gasteiger partial charge >= 0.3 is 0 Å². The zero-order valence-corrected chi connectivity index (χ0v) is 16.4. The van der Waals surface area contributed by atoms with E-state index < -0.39 is 6.10 Å². The molecule has 1 N–H and O–H groups in total. The van der Waals surface area contributed by atoms with Crippen LogP contribution in [0.2, 0.25) is 5.02 Å². The highest BCUT2D eigenvalue weighted by molar-refractivity contribution is 6.30. The van der Waals surface area contributed by atoms with Crippen LogP contribution in [0.25, 0.3) is 0 Å². The Bertz CT molecular complexity index is 716. The molecule has 1 aliphatic rings. The van der Waals surface area contributed by atoms with Crippen molar-refractivity contribution in [3.63, 3.8) is 0 Å². The molecule has 2 aromatic carbocycles. The number of anilines is 1. The summed E-state index contributed by atoms with van der Waals surface area (Å²) < 4.78 is 5.65. The van der Waals surface area contributed by atoms with Crippen LogP contribution in [-0.2, 0) is 4.79 Å². The third kappa shape index (κ3) is 5.88. The molecule has 144 valence electrons. The van der Waals surface area contributed by atoms with Crippen molar-refractivity contribution in [2.75, 3.05) is 44.2 Å². The molecule has 0 radical (unpaired) electrons. The fourth-order valence-corrected chi connectivity index (χ4v) is 3.25. The van der Waals surface area contributed by atoms with Crippen molar-refractivity contribution in [3.8, 4) is 5.75 Å². The van der Waals surface area contributed by atoms with E-state index in [0.29, 0.717) is 12.3 Å². The molecular weight excluding hydrogens is 362 g/mol. The minimum absolute atomic E-state index is 0.0846. The monoisotopic (exact) mass is 387 g/mol. The van der Waals surface area contributed by atoms with E-state index in [-0.39, 0.29) is 5.91 Å². The van der Waals surface area contributed by atoms with Gasteiger partial charge in [0.05, 0.1) is 0 Å². The van der Waals surface area contributed by atoms with Gasteiger partial charge < -0.3 is 15.0 Å². The summed E-state index contributed by atoms with van der Waals surface area (Å²) in [4.78, 5) is 16.9. The summed E-state index contributed by atoms with van der Waals surface area (Å²) in [6, 6.07) is 17.4. The van der Waals surface area contributed by atoms with E-state index in [0.717, 1.165) is 37.7 Å². The minimum Gasteiger partial charge on any atom is -0.481 e. The van der Waals surface area contributed by atoms with Gasteiger partial charge in [0.2, 0.25) is 0 Å². The Morgan fingerprint density at radius 3 is 2.41 bits per heavy atom. The summed E-state index contributed by atoms with van der Waals surface area (Å²) in [5.74, 6) is 0.622. The maximum atomic E-state index is 12.2. The molecule has 0 saturated carbocycles. The Kier molecular flexibility index (Phi) is 6.96. The van der Waals surface area contributed by atoms with Crippen LogP contribution in [0.5, 0.6) is 5.75 Å². The number of rotatable bonds is 7. The van der Waals surface area contributed by atoms with Crippen LogP contribution in [0.3, 0.4) is 0 Å². The predicted molar refractivity (Wildman–Crippen MR) is 110 cm³/mol. The number of amides is 1. The average molecular weight is 388 g/mol. The van der Waals surface area contributed by atoms with Crippen LogP contribution in [-0.4, -0.2) is 56.2 Å². The molecule has 5 nitrogen and oxygen atoms in total. The number of para-hydroxylation sites is 1. The lowest BCUT2D eigenvalue weighted by molar-refractivity contribution is -0.127. The lowest BCUT2D eigenvalue weighted by atomic mass is 10.2. The summed E-state index contributed by atoms with van der Waals surface area (Å²) in [6.45, 7) is 7.16. The molecule has 3 rings (SSSR count). The molecule has 1 unspecified atom stereocenters. The minimum atomic E-state index is -0.505. The van der Waals surface area contributed by atoms with E-state index in [1.54, 1.807) is 6.92 Å².